The highest BCUT2D eigenvalue weighted by Crippen LogP contribution is 2.42. The van der Waals surface area contributed by atoms with Crippen LogP contribution in [0.15, 0.2) is 30.3 Å². The Kier molecular flexibility index (Phi) is 6.99. The predicted octanol–water partition coefficient (Wildman–Crippen LogP) is 5.11. The minimum atomic E-state index is -1.02. The van der Waals surface area contributed by atoms with Crippen molar-refractivity contribution >= 4 is 27.5 Å². The lowest BCUT2D eigenvalue weighted by Gasteiger charge is -2.35. The molecule has 2 bridgehead atoms. The van der Waals surface area contributed by atoms with Crippen molar-refractivity contribution in [3.63, 3.8) is 0 Å². The number of nitriles is 1. The second kappa shape index (κ2) is 10.8. The Morgan fingerprint density at radius 2 is 1.87 bits per heavy atom. The number of phenolic OH excluding ortho intramolecular Hbond substituents is 1. The van der Waals surface area contributed by atoms with Crippen LogP contribution in [0.1, 0.15) is 31.7 Å². The molecule has 3 aliphatic heterocycles. The third-order valence-corrected chi connectivity index (χ3v) is 9.85. The van der Waals surface area contributed by atoms with Crippen molar-refractivity contribution < 1.29 is 23.0 Å². The lowest BCUT2D eigenvalue weighted by Crippen LogP contribution is -2.51. The van der Waals surface area contributed by atoms with Crippen molar-refractivity contribution in [1.82, 2.24) is 20.2 Å². The lowest BCUT2D eigenvalue weighted by molar-refractivity contribution is 0.0900. The SMILES string of the molecule is C#Cc1c(F)ccc2cc(O)cc(-c3c(F)cc4c(N5C[C@H]6CC[C@@H](C5)N6)nc(OC[C@@]5(C)[C@@H](C#N)CCN5C)nc4c3F)c12. The Morgan fingerprint density at radius 1 is 1.11 bits per heavy atom. The first kappa shape index (κ1) is 29.1. The van der Waals surface area contributed by atoms with Gasteiger partial charge in [-0.05, 0) is 69.4 Å². The topological polar surface area (TPSA) is 97.5 Å². The molecule has 2 N–H and O–H groups in total. The first-order valence-electron chi connectivity index (χ1n) is 15.0. The van der Waals surface area contributed by atoms with Crippen LogP contribution in [0.3, 0.4) is 0 Å². The van der Waals surface area contributed by atoms with Crippen molar-refractivity contribution in [3.05, 3.63) is 53.3 Å². The van der Waals surface area contributed by atoms with E-state index in [9.17, 15) is 14.8 Å². The molecule has 0 radical (unpaired) electrons. The van der Waals surface area contributed by atoms with Gasteiger partial charge in [-0.3, -0.25) is 4.90 Å². The Labute approximate surface area is 258 Å². The van der Waals surface area contributed by atoms with Crippen LogP contribution in [-0.4, -0.2) is 70.9 Å². The number of likely N-dealkylation sites (N-methyl/N-ethyl adjacent to an activating group) is 1. The quantitative estimate of drug-likeness (QED) is 0.301. The summed E-state index contributed by atoms with van der Waals surface area (Å²) in [7, 11) is 1.92. The fourth-order valence-corrected chi connectivity index (χ4v) is 7.23. The Morgan fingerprint density at radius 3 is 2.58 bits per heavy atom. The molecule has 11 heteroatoms. The number of rotatable bonds is 5. The molecule has 0 saturated carbocycles. The summed E-state index contributed by atoms with van der Waals surface area (Å²) in [5.74, 6) is -0.601. The predicted molar refractivity (Wildman–Crippen MR) is 164 cm³/mol. The van der Waals surface area contributed by atoms with Crippen LogP contribution in [0.4, 0.5) is 19.0 Å². The van der Waals surface area contributed by atoms with E-state index in [-0.39, 0.29) is 63.8 Å². The summed E-state index contributed by atoms with van der Waals surface area (Å²) in [6.07, 6.45) is 8.29. The van der Waals surface area contributed by atoms with E-state index >= 15 is 8.78 Å². The number of nitrogens with one attached hydrogen (secondary N) is 1. The van der Waals surface area contributed by atoms with Gasteiger partial charge in [0.2, 0.25) is 0 Å². The molecule has 3 aliphatic rings. The van der Waals surface area contributed by atoms with Crippen LogP contribution < -0.4 is 15.0 Å². The van der Waals surface area contributed by atoms with E-state index in [1.807, 2.05) is 18.9 Å². The summed E-state index contributed by atoms with van der Waals surface area (Å²) in [6, 6.07) is 8.94. The third-order valence-electron chi connectivity index (χ3n) is 9.85. The molecule has 1 aromatic heterocycles. The molecule has 4 aromatic rings. The molecule has 0 amide bonds. The molecule has 7 rings (SSSR count). The number of aromatic nitrogens is 2. The number of ether oxygens (including phenoxy) is 1. The number of halogens is 3. The normalized spacial score (nSPS) is 24.7. The molecule has 4 atom stereocenters. The second-order valence-corrected chi connectivity index (χ2v) is 12.5. The number of fused-ring (bicyclic) bond motifs is 4. The van der Waals surface area contributed by atoms with E-state index < -0.39 is 28.6 Å². The maximum absolute atomic E-state index is 16.8. The van der Waals surface area contributed by atoms with Gasteiger partial charge in [0, 0.05) is 41.5 Å². The summed E-state index contributed by atoms with van der Waals surface area (Å²) in [4.78, 5) is 13.2. The van der Waals surface area contributed by atoms with Crippen LogP contribution in [0.2, 0.25) is 0 Å². The Balaban J connectivity index is 1.42. The number of terminal acetylenes is 1. The number of hydrogen-bond acceptors (Lipinski definition) is 8. The number of aromatic hydroxyl groups is 1. The largest absolute Gasteiger partial charge is 0.508 e. The molecule has 230 valence electrons. The van der Waals surface area contributed by atoms with E-state index in [0.29, 0.717) is 30.7 Å². The number of phenols is 1. The van der Waals surface area contributed by atoms with Gasteiger partial charge < -0.3 is 20.1 Å². The summed E-state index contributed by atoms with van der Waals surface area (Å²) < 4.78 is 53.9. The monoisotopic (exact) mass is 612 g/mol. The van der Waals surface area contributed by atoms with Gasteiger partial charge in [0.05, 0.1) is 28.7 Å². The molecule has 45 heavy (non-hydrogen) atoms. The van der Waals surface area contributed by atoms with Crippen LogP contribution >= 0.6 is 0 Å². The van der Waals surface area contributed by atoms with Crippen molar-refractivity contribution in [2.75, 3.05) is 38.2 Å². The molecule has 0 aliphatic carbocycles. The Hall–Kier alpha value is -4.58. The van der Waals surface area contributed by atoms with Gasteiger partial charge in [-0.1, -0.05) is 12.0 Å². The van der Waals surface area contributed by atoms with Gasteiger partial charge in [0.1, 0.15) is 35.3 Å². The summed E-state index contributed by atoms with van der Waals surface area (Å²) >= 11 is 0. The maximum Gasteiger partial charge on any atom is 0.319 e. The van der Waals surface area contributed by atoms with Gasteiger partial charge in [0.15, 0.2) is 5.82 Å². The summed E-state index contributed by atoms with van der Waals surface area (Å²) in [6.45, 7) is 3.92. The molecule has 3 fully saturated rings. The standard InChI is InChI=1S/C34H31F3N6O2/c1-4-23-26(35)8-5-18-11-22(44)12-24(28(18)23)29-27(36)13-25-31(30(29)37)40-33(45-17-34(2)19(14-38)9-10-42(34)3)41-32(25)43-15-20-6-7-21(16-43)39-20/h1,5,8,11-13,19-21,39,44H,6-7,9-10,15-17H2,2-3H3/t19-,20-,21+,34+/m1/s1. The molecule has 8 nitrogen and oxygen atoms in total. The number of nitrogens with zero attached hydrogens (tertiary/aromatic N) is 5. The lowest BCUT2D eigenvalue weighted by atomic mass is 9.88. The molecule has 3 saturated heterocycles. The van der Waals surface area contributed by atoms with E-state index in [4.69, 9.17) is 16.1 Å². The van der Waals surface area contributed by atoms with Crippen LogP contribution in [-0.2, 0) is 0 Å². The van der Waals surface area contributed by atoms with Crippen LogP contribution in [0, 0.1) is 47.0 Å². The average Bonchev–Trinajstić information content (AvgIpc) is 3.51. The molecule has 0 unspecified atom stereocenters. The van der Waals surface area contributed by atoms with E-state index in [1.165, 1.54) is 24.3 Å². The maximum atomic E-state index is 16.8. The highest BCUT2D eigenvalue weighted by molar-refractivity contribution is 6.04. The number of piperazine rings is 1. The first-order chi connectivity index (χ1) is 21.6. The second-order valence-electron chi connectivity index (χ2n) is 12.5. The van der Waals surface area contributed by atoms with E-state index in [0.717, 1.165) is 25.5 Å². The molecule has 4 heterocycles. The highest BCUT2D eigenvalue weighted by atomic mass is 19.1. The van der Waals surface area contributed by atoms with Crippen molar-refractivity contribution in [1.29, 1.82) is 5.26 Å². The smallest absolute Gasteiger partial charge is 0.319 e. The van der Waals surface area contributed by atoms with E-state index in [1.54, 1.807) is 0 Å². The van der Waals surface area contributed by atoms with Crippen molar-refractivity contribution in [2.24, 2.45) is 5.92 Å². The number of benzene rings is 3. The van der Waals surface area contributed by atoms with Crippen LogP contribution in [0.25, 0.3) is 32.8 Å². The van der Waals surface area contributed by atoms with Gasteiger partial charge >= 0.3 is 6.01 Å². The summed E-state index contributed by atoms with van der Waals surface area (Å²) in [5.41, 5.74) is -1.59. The van der Waals surface area contributed by atoms with Crippen LogP contribution in [0.5, 0.6) is 11.8 Å². The van der Waals surface area contributed by atoms with Crippen molar-refractivity contribution in [2.45, 2.75) is 43.8 Å². The zero-order valence-corrected chi connectivity index (χ0v) is 24.9. The van der Waals surface area contributed by atoms with Gasteiger partial charge in [0.25, 0.3) is 0 Å². The average molecular weight is 613 g/mol. The third kappa shape index (κ3) is 4.70. The molecular weight excluding hydrogens is 581 g/mol. The van der Waals surface area contributed by atoms with Crippen molar-refractivity contribution in [3.8, 4) is 41.3 Å². The first-order valence-corrected chi connectivity index (χ1v) is 15.0. The fourth-order valence-electron chi connectivity index (χ4n) is 7.23. The molecule has 3 aromatic carbocycles. The zero-order chi connectivity index (χ0) is 31.6. The van der Waals surface area contributed by atoms with Gasteiger partial charge in [-0.15, -0.1) is 6.42 Å². The van der Waals surface area contributed by atoms with E-state index in [2.05, 4.69) is 27.2 Å². The number of anilines is 1. The fraction of sp³-hybridized carbons (Fsp3) is 0.382. The summed E-state index contributed by atoms with van der Waals surface area (Å²) in [5, 5.41) is 24.4. The van der Waals surface area contributed by atoms with Gasteiger partial charge in [-0.25, -0.2) is 13.2 Å². The number of hydrogen-bond donors (Lipinski definition) is 2. The minimum Gasteiger partial charge on any atom is -0.508 e. The Bertz CT molecular complexity index is 1940. The minimum absolute atomic E-state index is 0.0805. The number of likely N-dealkylation sites (tertiary alicyclic amines) is 1. The highest BCUT2D eigenvalue weighted by Gasteiger charge is 2.44. The molecular formula is C34H31F3N6O2. The van der Waals surface area contributed by atoms with Gasteiger partial charge in [-0.2, -0.15) is 15.2 Å². The zero-order valence-electron chi connectivity index (χ0n) is 24.9. The molecule has 0 spiro atoms.